The molecule has 0 radical (unpaired) electrons. The van der Waals surface area contributed by atoms with Crippen molar-refractivity contribution in [2.45, 2.75) is 6.42 Å². The highest BCUT2D eigenvalue weighted by Crippen LogP contribution is 2.13. The number of ether oxygens (including phenoxy) is 1. The van der Waals surface area contributed by atoms with Crippen molar-refractivity contribution in [3.8, 4) is 5.75 Å². The Bertz CT molecular complexity index is 367. The zero-order valence-corrected chi connectivity index (χ0v) is 10.1. The Kier molecular flexibility index (Phi) is 3.98. The van der Waals surface area contributed by atoms with Crippen molar-refractivity contribution >= 4 is 6.09 Å². The molecule has 0 aromatic heterocycles. The number of carbonyl (C=O) groups is 1. The van der Waals surface area contributed by atoms with Gasteiger partial charge in [0, 0.05) is 13.1 Å². The van der Waals surface area contributed by atoms with Crippen LogP contribution in [-0.4, -0.2) is 37.7 Å². The third kappa shape index (κ3) is 3.75. The maximum absolute atomic E-state index is 11.5. The van der Waals surface area contributed by atoms with Crippen molar-refractivity contribution in [1.82, 2.24) is 10.2 Å². The first-order valence-corrected chi connectivity index (χ1v) is 5.93. The van der Waals surface area contributed by atoms with E-state index in [9.17, 15) is 4.79 Å². The fourth-order valence-electron chi connectivity index (χ4n) is 2.05. The number of hydrogen-bond donors (Lipinski definition) is 1. The Balaban J connectivity index is 1.71. The second-order valence-electron chi connectivity index (χ2n) is 4.50. The van der Waals surface area contributed by atoms with Gasteiger partial charge in [0.2, 0.25) is 0 Å². The second-order valence-corrected chi connectivity index (χ2v) is 4.50. The number of nitrogens with one attached hydrogen (secondary N) is 1. The number of amides is 1. The number of hydrogen-bond acceptors (Lipinski definition) is 3. The number of benzene rings is 1. The van der Waals surface area contributed by atoms with Gasteiger partial charge in [0.1, 0.15) is 5.75 Å². The van der Waals surface area contributed by atoms with E-state index in [4.69, 9.17) is 4.74 Å². The molecule has 1 fully saturated rings. The normalized spacial score (nSPS) is 20.2. The number of rotatable bonds is 3. The van der Waals surface area contributed by atoms with Gasteiger partial charge < -0.3 is 15.0 Å². The molecule has 0 saturated carbocycles. The second kappa shape index (κ2) is 5.68. The molecule has 92 valence electrons. The molecule has 2 rings (SSSR count). The maximum Gasteiger partial charge on any atom is 0.412 e. The highest BCUT2D eigenvalue weighted by molar-refractivity contribution is 5.70. The molecule has 4 heteroatoms. The minimum atomic E-state index is -0.370. The summed E-state index contributed by atoms with van der Waals surface area (Å²) in [6.07, 6.45) is 0.771. The first-order valence-electron chi connectivity index (χ1n) is 5.93. The fraction of sp³-hybridized carbons (Fsp3) is 0.462. The maximum atomic E-state index is 11.5. The summed E-state index contributed by atoms with van der Waals surface area (Å²) in [6, 6.07) is 9.11. The van der Waals surface area contributed by atoms with Crippen LogP contribution in [0.4, 0.5) is 4.79 Å². The van der Waals surface area contributed by atoms with Gasteiger partial charge in [-0.2, -0.15) is 0 Å². The number of likely N-dealkylation sites (tertiary alicyclic amines) is 1. The Morgan fingerprint density at radius 3 is 2.88 bits per heavy atom. The molecular formula is C13H18N2O2. The van der Waals surface area contributed by atoms with Crippen molar-refractivity contribution < 1.29 is 9.53 Å². The lowest BCUT2D eigenvalue weighted by molar-refractivity contribution is 0.198. The summed E-state index contributed by atoms with van der Waals surface area (Å²) in [5.74, 6) is 1.12. The van der Waals surface area contributed by atoms with Gasteiger partial charge in [0.05, 0.1) is 0 Å². The van der Waals surface area contributed by atoms with Crippen LogP contribution in [0.2, 0.25) is 0 Å². The van der Waals surface area contributed by atoms with Gasteiger partial charge in [0.15, 0.2) is 0 Å². The molecule has 4 nitrogen and oxygen atoms in total. The van der Waals surface area contributed by atoms with Crippen molar-refractivity contribution in [3.05, 3.63) is 30.3 Å². The molecule has 1 aromatic rings. The van der Waals surface area contributed by atoms with Crippen LogP contribution in [0.15, 0.2) is 30.3 Å². The first kappa shape index (κ1) is 11.9. The summed E-state index contributed by atoms with van der Waals surface area (Å²) in [6.45, 7) is 2.85. The summed E-state index contributed by atoms with van der Waals surface area (Å²) in [5, 5.41) is 2.81. The molecular weight excluding hydrogens is 216 g/mol. The summed E-state index contributed by atoms with van der Waals surface area (Å²) >= 11 is 0. The molecule has 0 bridgehead atoms. The van der Waals surface area contributed by atoms with E-state index in [1.165, 1.54) is 0 Å². The van der Waals surface area contributed by atoms with Gasteiger partial charge >= 0.3 is 6.09 Å². The third-order valence-corrected chi connectivity index (χ3v) is 2.98. The smallest absolute Gasteiger partial charge is 0.410 e. The van der Waals surface area contributed by atoms with Crippen LogP contribution in [-0.2, 0) is 0 Å². The molecule has 1 aliphatic heterocycles. The Morgan fingerprint density at radius 1 is 1.47 bits per heavy atom. The van der Waals surface area contributed by atoms with Crippen molar-refractivity contribution in [3.63, 3.8) is 0 Å². The fourth-order valence-corrected chi connectivity index (χ4v) is 2.05. The standard InChI is InChI=1S/C13H18N2O2/c1-15-8-7-11(10-15)9-14-13(16)17-12-5-3-2-4-6-12/h2-6,11H,7-10H2,1H3,(H,14,16). The van der Waals surface area contributed by atoms with E-state index in [1.54, 1.807) is 12.1 Å². The highest BCUT2D eigenvalue weighted by atomic mass is 16.5. The monoisotopic (exact) mass is 234 g/mol. The average molecular weight is 234 g/mol. The Labute approximate surface area is 102 Å². The number of para-hydroxylation sites is 1. The molecule has 1 atom stereocenters. The van der Waals surface area contributed by atoms with Crippen LogP contribution < -0.4 is 10.1 Å². The average Bonchev–Trinajstić information content (AvgIpc) is 2.74. The number of carbonyl (C=O) groups excluding carboxylic acids is 1. The summed E-state index contributed by atoms with van der Waals surface area (Å²) < 4.78 is 5.14. The molecule has 1 aromatic carbocycles. The SMILES string of the molecule is CN1CCC(CNC(=O)Oc2ccccc2)C1. The molecule has 1 aliphatic rings. The van der Waals surface area contributed by atoms with E-state index in [0.29, 0.717) is 18.2 Å². The van der Waals surface area contributed by atoms with E-state index in [1.807, 2.05) is 18.2 Å². The van der Waals surface area contributed by atoms with Gasteiger partial charge in [0.25, 0.3) is 0 Å². The van der Waals surface area contributed by atoms with Crippen LogP contribution in [0.25, 0.3) is 0 Å². The minimum Gasteiger partial charge on any atom is -0.410 e. The van der Waals surface area contributed by atoms with Gasteiger partial charge in [-0.25, -0.2) is 4.79 Å². The van der Waals surface area contributed by atoms with E-state index in [0.717, 1.165) is 19.5 Å². The summed E-state index contributed by atoms with van der Waals surface area (Å²) in [7, 11) is 2.10. The van der Waals surface area contributed by atoms with Gasteiger partial charge in [-0.05, 0) is 38.1 Å². The third-order valence-electron chi connectivity index (χ3n) is 2.98. The van der Waals surface area contributed by atoms with Crippen molar-refractivity contribution in [1.29, 1.82) is 0 Å². The van der Waals surface area contributed by atoms with E-state index in [2.05, 4.69) is 17.3 Å². The molecule has 1 unspecified atom stereocenters. The molecule has 1 heterocycles. The largest absolute Gasteiger partial charge is 0.412 e. The highest BCUT2D eigenvalue weighted by Gasteiger charge is 2.19. The Morgan fingerprint density at radius 2 is 2.24 bits per heavy atom. The molecule has 17 heavy (non-hydrogen) atoms. The van der Waals surface area contributed by atoms with E-state index < -0.39 is 0 Å². The summed E-state index contributed by atoms with van der Waals surface area (Å²) in [5.41, 5.74) is 0. The molecule has 1 saturated heterocycles. The van der Waals surface area contributed by atoms with Gasteiger partial charge in [-0.15, -0.1) is 0 Å². The lowest BCUT2D eigenvalue weighted by Crippen LogP contribution is -2.32. The van der Waals surface area contributed by atoms with Crippen LogP contribution in [0.1, 0.15) is 6.42 Å². The quantitative estimate of drug-likeness (QED) is 0.866. The minimum absolute atomic E-state index is 0.370. The van der Waals surface area contributed by atoms with E-state index >= 15 is 0 Å². The van der Waals surface area contributed by atoms with Gasteiger partial charge in [-0.1, -0.05) is 18.2 Å². The van der Waals surface area contributed by atoms with E-state index in [-0.39, 0.29) is 6.09 Å². The zero-order chi connectivity index (χ0) is 12.1. The van der Waals surface area contributed by atoms with Crippen LogP contribution >= 0.6 is 0 Å². The molecule has 1 amide bonds. The van der Waals surface area contributed by atoms with Crippen LogP contribution in [0, 0.1) is 5.92 Å². The Hall–Kier alpha value is -1.55. The predicted molar refractivity (Wildman–Crippen MR) is 66.1 cm³/mol. The van der Waals surface area contributed by atoms with Crippen molar-refractivity contribution in [2.24, 2.45) is 5.92 Å². The number of nitrogens with zero attached hydrogens (tertiary/aromatic N) is 1. The predicted octanol–water partition coefficient (Wildman–Crippen LogP) is 1.73. The van der Waals surface area contributed by atoms with Crippen LogP contribution in [0.5, 0.6) is 5.75 Å². The molecule has 1 N–H and O–H groups in total. The first-order chi connectivity index (χ1) is 8.24. The lowest BCUT2D eigenvalue weighted by Gasteiger charge is -2.11. The topological polar surface area (TPSA) is 41.6 Å². The lowest BCUT2D eigenvalue weighted by atomic mass is 10.1. The molecule has 0 aliphatic carbocycles. The van der Waals surface area contributed by atoms with Crippen LogP contribution in [0.3, 0.4) is 0 Å². The molecule has 0 spiro atoms. The van der Waals surface area contributed by atoms with Crippen molar-refractivity contribution in [2.75, 3.05) is 26.7 Å². The van der Waals surface area contributed by atoms with Gasteiger partial charge in [-0.3, -0.25) is 0 Å². The zero-order valence-electron chi connectivity index (χ0n) is 10.1. The summed E-state index contributed by atoms with van der Waals surface area (Å²) in [4.78, 5) is 13.8.